The summed E-state index contributed by atoms with van der Waals surface area (Å²) >= 11 is 0. The van der Waals surface area contributed by atoms with Gasteiger partial charge in [0, 0.05) is 30.6 Å². The number of anilines is 4. The number of imidazole rings is 2. The zero-order valence-corrected chi connectivity index (χ0v) is 22.4. The quantitative estimate of drug-likeness (QED) is 0.214. The lowest BCUT2D eigenvalue weighted by Crippen LogP contribution is -2.27. The standard InChI is InChI=1S/C21H33N12O3P/c1-20(2,6-32-10-26-12-14(22)28-18(24)30-16(12)32)8-35-37(5,34)36-9-21(3,4)7-33-11-27-13-15(23)29-19(25)31-17(13)33/h10-11H,6-9H2,1-5H3,(H4,22,24,28,30)(H4,23,25,29,31). The summed E-state index contributed by atoms with van der Waals surface area (Å²) in [6, 6.07) is 0. The fraction of sp³-hybridized carbons (Fsp3) is 0.524. The molecule has 16 heteroatoms. The summed E-state index contributed by atoms with van der Waals surface area (Å²) < 4.78 is 28.3. The molecule has 8 N–H and O–H groups in total. The maximum absolute atomic E-state index is 13.1. The van der Waals surface area contributed by atoms with Crippen LogP contribution in [0.4, 0.5) is 23.5 Å². The van der Waals surface area contributed by atoms with E-state index in [2.05, 4.69) is 29.9 Å². The Labute approximate surface area is 213 Å². The third-order valence-electron chi connectivity index (χ3n) is 5.59. The van der Waals surface area contributed by atoms with E-state index in [0.29, 0.717) is 35.4 Å². The van der Waals surface area contributed by atoms with Gasteiger partial charge in [0.05, 0.1) is 25.9 Å². The van der Waals surface area contributed by atoms with Crippen LogP contribution in [0.2, 0.25) is 0 Å². The van der Waals surface area contributed by atoms with E-state index in [1.165, 1.54) is 6.66 Å². The van der Waals surface area contributed by atoms with Crippen molar-refractivity contribution in [3.63, 3.8) is 0 Å². The molecule has 4 rings (SSSR count). The van der Waals surface area contributed by atoms with Gasteiger partial charge in [-0.15, -0.1) is 0 Å². The molecule has 0 bridgehead atoms. The van der Waals surface area contributed by atoms with Crippen molar-refractivity contribution in [1.29, 1.82) is 0 Å². The topological polar surface area (TPSA) is 227 Å². The molecule has 0 aromatic carbocycles. The second-order valence-corrected chi connectivity index (χ2v) is 12.7. The molecular formula is C21H33N12O3P. The van der Waals surface area contributed by atoms with Gasteiger partial charge in [-0.2, -0.15) is 19.9 Å². The molecule has 4 aromatic heterocycles. The van der Waals surface area contributed by atoms with Gasteiger partial charge in [-0.1, -0.05) is 27.7 Å². The number of nitrogen functional groups attached to an aromatic ring is 4. The minimum atomic E-state index is -3.37. The first kappa shape index (κ1) is 26.5. The number of aromatic nitrogens is 8. The molecule has 200 valence electrons. The van der Waals surface area contributed by atoms with Crippen LogP contribution in [0.25, 0.3) is 22.3 Å². The van der Waals surface area contributed by atoms with E-state index in [-0.39, 0.29) is 36.7 Å². The average Bonchev–Trinajstić information content (AvgIpc) is 3.35. The minimum absolute atomic E-state index is 0.0676. The SMILES string of the molecule is CC(C)(COP(C)(=O)OCC(C)(C)Cn1cnc2c(N)nc(N)nc21)Cn1cnc2c(N)nc(N)nc21. The number of hydrogen-bond acceptors (Lipinski definition) is 13. The lowest BCUT2D eigenvalue weighted by atomic mass is 9.95. The van der Waals surface area contributed by atoms with Gasteiger partial charge in [0.1, 0.15) is 11.0 Å². The summed E-state index contributed by atoms with van der Waals surface area (Å²) in [5.74, 6) is 0.566. The van der Waals surface area contributed by atoms with Gasteiger partial charge >= 0.3 is 7.60 Å². The summed E-state index contributed by atoms with van der Waals surface area (Å²) in [6.45, 7) is 10.6. The second-order valence-electron chi connectivity index (χ2n) is 10.7. The van der Waals surface area contributed by atoms with Gasteiger partial charge in [0.15, 0.2) is 22.9 Å². The first-order chi connectivity index (χ1) is 17.1. The van der Waals surface area contributed by atoms with Crippen molar-refractivity contribution >= 4 is 53.5 Å². The molecule has 0 atom stereocenters. The highest BCUT2D eigenvalue weighted by Crippen LogP contribution is 2.47. The fourth-order valence-electron chi connectivity index (χ4n) is 3.83. The Hall–Kier alpha value is -3.55. The van der Waals surface area contributed by atoms with Crippen LogP contribution < -0.4 is 22.9 Å². The molecular weight excluding hydrogens is 499 g/mol. The van der Waals surface area contributed by atoms with Crippen molar-refractivity contribution in [2.45, 2.75) is 40.8 Å². The summed E-state index contributed by atoms with van der Waals surface area (Å²) in [6.07, 6.45) is 3.24. The van der Waals surface area contributed by atoms with E-state index in [9.17, 15) is 4.57 Å². The van der Waals surface area contributed by atoms with Gasteiger partial charge < -0.3 is 41.1 Å². The molecule has 4 aromatic rings. The van der Waals surface area contributed by atoms with Crippen LogP contribution in [-0.2, 0) is 26.7 Å². The maximum Gasteiger partial charge on any atom is 0.327 e. The van der Waals surface area contributed by atoms with Gasteiger partial charge in [0.25, 0.3) is 0 Å². The molecule has 15 nitrogen and oxygen atoms in total. The first-order valence-corrected chi connectivity index (χ1v) is 13.5. The molecule has 37 heavy (non-hydrogen) atoms. The highest BCUT2D eigenvalue weighted by molar-refractivity contribution is 7.52. The monoisotopic (exact) mass is 532 g/mol. The Balaban J connectivity index is 1.37. The van der Waals surface area contributed by atoms with Crippen LogP contribution >= 0.6 is 7.60 Å². The van der Waals surface area contributed by atoms with Crippen LogP contribution in [0.15, 0.2) is 12.7 Å². The Morgan fingerprint density at radius 1 is 0.757 bits per heavy atom. The molecule has 0 unspecified atom stereocenters. The molecule has 0 spiro atoms. The van der Waals surface area contributed by atoms with Crippen molar-refractivity contribution in [2.24, 2.45) is 10.8 Å². The summed E-state index contributed by atoms with van der Waals surface area (Å²) in [5, 5.41) is 0. The zero-order valence-electron chi connectivity index (χ0n) is 21.5. The fourth-order valence-corrected chi connectivity index (χ4v) is 5.08. The molecule has 0 aliphatic carbocycles. The van der Waals surface area contributed by atoms with E-state index >= 15 is 0 Å². The minimum Gasteiger partial charge on any atom is -0.382 e. The van der Waals surface area contributed by atoms with E-state index < -0.39 is 18.4 Å². The van der Waals surface area contributed by atoms with Crippen molar-refractivity contribution in [3.8, 4) is 0 Å². The van der Waals surface area contributed by atoms with E-state index in [4.69, 9.17) is 32.0 Å². The maximum atomic E-state index is 13.1. The van der Waals surface area contributed by atoms with Crippen molar-refractivity contribution in [1.82, 2.24) is 39.0 Å². The molecule has 0 saturated heterocycles. The van der Waals surface area contributed by atoms with Crippen molar-refractivity contribution in [3.05, 3.63) is 12.7 Å². The van der Waals surface area contributed by atoms with Crippen molar-refractivity contribution in [2.75, 3.05) is 42.8 Å². The van der Waals surface area contributed by atoms with Crippen LogP contribution in [0.1, 0.15) is 27.7 Å². The second kappa shape index (κ2) is 9.39. The molecule has 4 heterocycles. The van der Waals surface area contributed by atoms with E-state index in [1.807, 2.05) is 36.8 Å². The Morgan fingerprint density at radius 2 is 1.14 bits per heavy atom. The van der Waals surface area contributed by atoms with Crippen LogP contribution in [0.3, 0.4) is 0 Å². The average molecular weight is 533 g/mol. The summed E-state index contributed by atoms with van der Waals surface area (Å²) in [4.78, 5) is 24.9. The summed E-state index contributed by atoms with van der Waals surface area (Å²) in [5.41, 5.74) is 24.4. The van der Waals surface area contributed by atoms with Crippen LogP contribution in [-0.4, -0.2) is 58.9 Å². The Bertz CT molecular complexity index is 1390. The zero-order chi connectivity index (χ0) is 27.2. The van der Waals surface area contributed by atoms with Crippen LogP contribution in [0.5, 0.6) is 0 Å². The highest BCUT2D eigenvalue weighted by Gasteiger charge is 2.30. The largest absolute Gasteiger partial charge is 0.382 e. The molecule has 0 radical (unpaired) electrons. The van der Waals surface area contributed by atoms with E-state index in [1.54, 1.807) is 12.7 Å². The number of hydrogen-bond donors (Lipinski definition) is 4. The Kier molecular flexibility index (Phi) is 6.73. The third kappa shape index (κ3) is 6.06. The molecule has 0 fully saturated rings. The molecule has 0 saturated carbocycles. The molecule has 0 aliphatic heterocycles. The predicted molar refractivity (Wildman–Crippen MR) is 141 cm³/mol. The van der Waals surface area contributed by atoms with Crippen LogP contribution in [0, 0.1) is 10.8 Å². The van der Waals surface area contributed by atoms with E-state index in [0.717, 1.165) is 0 Å². The summed E-state index contributed by atoms with van der Waals surface area (Å²) in [7, 11) is -3.37. The predicted octanol–water partition coefficient (Wildman–Crippen LogP) is 1.90. The highest BCUT2D eigenvalue weighted by atomic mass is 31.2. The first-order valence-electron chi connectivity index (χ1n) is 11.5. The number of rotatable bonds is 10. The normalized spacial score (nSPS) is 13.1. The van der Waals surface area contributed by atoms with Gasteiger partial charge in [-0.05, 0) is 0 Å². The number of nitrogens with two attached hydrogens (primary N) is 4. The van der Waals surface area contributed by atoms with Gasteiger partial charge in [-0.3, -0.25) is 4.57 Å². The van der Waals surface area contributed by atoms with Gasteiger partial charge in [0.2, 0.25) is 11.9 Å². The lowest BCUT2D eigenvalue weighted by molar-refractivity contribution is 0.101. The molecule has 0 amide bonds. The smallest absolute Gasteiger partial charge is 0.327 e. The number of nitrogens with zero attached hydrogens (tertiary/aromatic N) is 8. The lowest BCUT2D eigenvalue weighted by Gasteiger charge is -2.29. The third-order valence-corrected chi connectivity index (χ3v) is 6.79. The molecule has 0 aliphatic rings. The van der Waals surface area contributed by atoms with Crippen molar-refractivity contribution < 1.29 is 13.6 Å². The number of fused-ring (bicyclic) bond motifs is 2. The Morgan fingerprint density at radius 3 is 1.51 bits per heavy atom. The van der Waals surface area contributed by atoms with Gasteiger partial charge in [-0.25, -0.2) is 9.97 Å².